The molecule has 0 spiro atoms. The Kier molecular flexibility index (Phi) is 6.76. The van der Waals surface area contributed by atoms with Crippen LogP contribution in [-0.2, 0) is 0 Å². The average molecular weight is 541 g/mol. The number of pyridine rings is 6. The summed E-state index contributed by atoms with van der Waals surface area (Å²) in [6.07, 6.45) is 11.0. The Hall–Kier alpha value is -5.88. The van der Waals surface area contributed by atoms with Gasteiger partial charge in [-0.2, -0.15) is 0 Å². The van der Waals surface area contributed by atoms with Crippen LogP contribution < -0.4 is 0 Å². The first-order valence-electron chi connectivity index (χ1n) is 13.6. The number of hydrogen-bond acceptors (Lipinski definition) is 6. The third-order valence-electron chi connectivity index (χ3n) is 7.01. The van der Waals surface area contributed by atoms with Crippen LogP contribution in [0, 0.1) is 0 Å². The molecular weight excluding hydrogens is 516 g/mol. The fourth-order valence-electron chi connectivity index (χ4n) is 4.82. The maximum absolute atomic E-state index is 4.72. The van der Waals surface area contributed by atoms with E-state index in [0.717, 1.165) is 67.5 Å². The summed E-state index contributed by atoms with van der Waals surface area (Å²) in [7, 11) is 0. The molecule has 0 atom stereocenters. The molecule has 1 aromatic carbocycles. The minimum atomic E-state index is 0.833. The molecule has 0 aliphatic carbocycles. The van der Waals surface area contributed by atoms with Gasteiger partial charge in [-0.1, -0.05) is 36.4 Å². The highest BCUT2D eigenvalue weighted by molar-refractivity contribution is 5.81. The predicted molar refractivity (Wildman–Crippen MR) is 166 cm³/mol. The Bertz CT molecular complexity index is 1680. The molecule has 0 radical (unpaired) electrons. The standard InChI is InChI=1S/C36H24N6/c1-4-16-37-31(7-1)34-13-10-25(22-40-34)28-19-29(26-11-14-35(41-23-26)32-8-2-5-17-38-32)21-30(20-28)27-12-15-36(42-24-27)33-9-3-6-18-39-33/h1-24H. The SMILES string of the molecule is c1ccc(-c2ccc(-c3cc(-c4ccc(-c5ccccn5)nc4)cc(-c4ccc(-c5ccccn5)nc4)c3)cn2)nc1. The zero-order valence-electron chi connectivity index (χ0n) is 22.5. The third kappa shape index (κ3) is 5.29. The lowest BCUT2D eigenvalue weighted by Gasteiger charge is -2.12. The number of benzene rings is 1. The first kappa shape index (κ1) is 25.1. The lowest BCUT2D eigenvalue weighted by molar-refractivity contribution is 1.24. The summed E-state index contributed by atoms with van der Waals surface area (Å²) in [6.45, 7) is 0. The number of hydrogen-bond donors (Lipinski definition) is 0. The summed E-state index contributed by atoms with van der Waals surface area (Å²) in [5, 5.41) is 0. The van der Waals surface area contributed by atoms with Crippen molar-refractivity contribution in [3.63, 3.8) is 0 Å². The Balaban J connectivity index is 1.29. The lowest BCUT2D eigenvalue weighted by Crippen LogP contribution is -1.91. The number of rotatable bonds is 6. The second-order valence-electron chi connectivity index (χ2n) is 9.74. The molecule has 0 fully saturated rings. The van der Waals surface area contributed by atoms with Gasteiger partial charge in [-0.3, -0.25) is 29.9 Å². The summed E-state index contributed by atoms with van der Waals surface area (Å²) in [5.74, 6) is 0. The molecule has 42 heavy (non-hydrogen) atoms. The fourth-order valence-corrected chi connectivity index (χ4v) is 4.82. The van der Waals surface area contributed by atoms with Crippen molar-refractivity contribution in [2.24, 2.45) is 0 Å². The molecule has 7 rings (SSSR count). The van der Waals surface area contributed by atoms with Crippen molar-refractivity contribution >= 4 is 0 Å². The highest BCUT2D eigenvalue weighted by Crippen LogP contribution is 2.34. The zero-order valence-corrected chi connectivity index (χ0v) is 22.5. The topological polar surface area (TPSA) is 77.3 Å². The largest absolute Gasteiger partial charge is 0.255 e. The van der Waals surface area contributed by atoms with Gasteiger partial charge in [-0.05, 0) is 89.5 Å². The van der Waals surface area contributed by atoms with Crippen LogP contribution >= 0.6 is 0 Å². The zero-order chi connectivity index (χ0) is 28.1. The van der Waals surface area contributed by atoms with E-state index in [4.69, 9.17) is 15.0 Å². The smallest absolute Gasteiger partial charge is 0.0886 e. The van der Waals surface area contributed by atoms with Crippen molar-refractivity contribution in [3.05, 3.63) is 146 Å². The summed E-state index contributed by atoms with van der Waals surface area (Å²) in [6, 6.07) is 36.3. The van der Waals surface area contributed by atoms with Crippen molar-refractivity contribution in [2.75, 3.05) is 0 Å². The molecule has 0 bridgehead atoms. The van der Waals surface area contributed by atoms with E-state index in [0.29, 0.717) is 0 Å². The van der Waals surface area contributed by atoms with Crippen LogP contribution in [0.5, 0.6) is 0 Å². The van der Waals surface area contributed by atoms with Crippen LogP contribution in [0.15, 0.2) is 146 Å². The van der Waals surface area contributed by atoms with E-state index >= 15 is 0 Å². The van der Waals surface area contributed by atoms with Crippen LogP contribution in [0.1, 0.15) is 0 Å². The van der Waals surface area contributed by atoms with Gasteiger partial charge in [0.1, 0.15) is 0 Å². The molecule has 6 aromatic heterocycles. The average Bonchev–Trinajstić information content (AvgIpc) is 3.09. The van der Waals surface area contributed by atoms with Crippen molar-refractivity contribution in [3.8, 4) is 67.5 Å². The van der Waals surface area contributed by atoms with Gasteiger partial charge in [0.2, 0.25) is 0 Å². The van der Waals surface area contributed by atoms with E-state index < -0.39 is 0 Å². The van der Waals surface area contributed by atoms with Gasteiger partial charge in [-0.15, -0.1) is 0 Å². The van der Waals surface area contributed by atoms with Gasteiger partial charge in [0.05, 0.1) is 34.2 Å². The molecular formula is C36H24N6. The van der Waals surface area contributed by atoms with Crippen LogP contribution in [0.4, 0.5) is 0 Å². The van der Waals surface area contributed by atoms with Gasteiger partial charge in [0.15, 0.2) is 0 Å². The first-order chi connectivity index (χ1) is 20.8. The second kappa shape index (κ2) is 11.3. The fraction of sp³-hybridized carbons (Fsp3) is 0. The monoisotopic (exact) mass is 540 g/mol. The van der Waals surface area contributed by atoms with Crippen LogP contribution in [0.3, 0.4) is 0 Å². The minimum absolute atomic E-state index is 0.833. The molecule has 0 unspecified atom stereocenters. The molecule has 6 heteroatoms. The van der Waals surface area contributed by atoms with Crippen LogP contribution in [0.25, 0.3) is 67.5 Å². The summed E-state index contributed by atoms with van der Waals surface area (Å²) in [4.78, 5) is 27.5. The van der Waals surface area contributed by atoms with Gasteiger partial charge >= 0.3 is 0 Å². The lowest BCUT2D eigenvalue weighted by atomic mass is 9.94. The third-order valence-corrected chi connectivity index (χ3v) is 7.01. The Morgan fingerprint density at radius 2 is 0.571 bits per heavy atom. The van der Waals surface area contributed by atoms with Crippen LogP contribution in [0.2, 0.25) is 0 Å². The Labute approximate surface area is 243 Å². The number of nitrogens with zero attached hydrogens (tertiary/aromatic N) is 6. The maximum atomic E-state index is 4.72. The summed E-state index contributed by atoms with van der Waals surface area (Å²) >= 11 is 0. The molecule has 198 valence electrons. The maximum Gasteiger partial charge on any atom is 0.0886 e. The van der Waals surface area contributed by atoms with Gasteiger partial charge in [0.25, 0.3) is 0 Å². The summed E-state index contributed by atoms with van der Waals surface area (Å²) in [5.41, 5.74) is 11.2. The molecule has 6 nitrogen and oxygen atoms in total. The molecule has 0 saturated carbocycles. The highest BCUT2D eigenvalue weighted by Gasteiger charge is 2.11. The molecule has 0 aliphatic rings. The van der Waals surface area contributed by atoms with Crippen molar-refractivity contribution in [2.45, 2.75) is 0 Å². The second-order valence-corrected chi connectivity index (χ2v) is 9.74. The quantitative estimate of drug-likeness (QED) is 0.212. The molecule has 0 aliphatic heterocycles. The Morgan fingerprint density at radius 3 is 0.810 bits per heavy atom. The van der Waals surface area contributed by atoms with Gasteiger partial charge < -0.3 is 0 Å². The predicted octanol–water partition coefficient (Wildman–Crippen LogP) is 8.06. The van der Waals surface area contributed by atoms with Crippen molar-refractivity contribution in [1.29, 1.82) is 0 Å². The normalized spacial score (nSPS) is 10.9. The van der Waals surface area contributed by atoms with Gasteiger partial charge in [-0.25, -0.2) is 0 Å². The van der Waals surface area contributed by atoms with Crippen molar-refractivity contribution < 1.29 is 0 Å². The molecule has 7 aromatic rings. The first-order valence-corrected chi connectivity index (χ1v) is 13.6. The van der Waals surface area contributed by atoms with E-state index in [2.05, 4.69) is 51.4 Å². The number of aromatic nitrogens is 6. The van der Waals surface area contributed by atoms with E-state index in [1.165, 1.54) is 0 Å². The van der Waals surface area contributed by atoms with E-state index in [1.807, 2.05) is 91.4 Å². The van der Waals surface area contributed by atoms with E-state index in [-0.39, 0.29) is 0 Å². The van der Waals surface area contributed by atoms with E-state index in [1.54, 1.807) is 18.6 Å². The minimum Gasteiger partial charge on any atom is -0.255 e. The molecule has 0 amide bonds. The van der Waals surface area contributed by atoms with Crippen molar-refractivity contribution in [1.82, 2.24) is 29.9 Å². The van der Waals surface area contributed by atoms with Gasteiger partial charge in [0, 0.05) is 53.9 Å². The highest BCUT2D eigenvalue weighted by atomic mass is 14.8. The Morgan fingerprint density at radius 1 is 0.262 bits per heavy atom. The van der Waals surface area contributed by atoms with Crippen LogP contribution in [-0.4, -0.2) is 29.9 Å². The molecule has 0 N–H and O–H groups in total. The molecule has 0 saturated heterocycles. The molecule has 6 heterocycles. The summed E-state index contributed by atoms with van der Waals surface area (Å²) < 4.78 is 0. The van der Waals surface area contributed by atoms with E-state index in [9.17, 15) is 0 Å².